The van der Waals surface area contributed by atoms with Crippen molar-refractivity contribution in [3.63, 3.8) is 0 Å². The minimum absolute atomic E-state index is 0.596. The van der Waals surface area contributed by atoms with Gasteiger partial charge in [0, 0.05) is 0 Å². The van der Waals surface area contributed by atoms with E-state index in [1.807, 2.05) is 43.3 Å². The van der Waals surface area contributed by atoms with Gasteiger partial charge in [0.1, 0.15) is 11.5 Å². The molecular formula is C15H15BrClNO. The third-order valence-corrected chi connectivity index (χ3v) is 3.65. The highest BCUT2D eigenvalue weighted by Crippen LogP contribution is 2.34. The van der Waals surface area contributed by atoms with Crippen LogP contribution >= 0.6 is 27.5 Å². The summed E-state index contributed by atoms with van der Waals surface area (Å²) in [6.07, 6.45) is 0.814. The molecule has 0 spiro atoms. The Bertz CT molecular complexity index is 586. The second-order valence-corrected chi connectivity index (χ2v) is 5.60. The van der Waals surface area contributed by atoms with E-state index in [0.29, 0.717) is 17.3 Å². The molecular weight excluding hydrogens is 326 g/mol. The van der Waals surface area contributed by atoms with Crippen LogP contribution in [0.5, 0.6) is 11.5 Å². The van der Waals surface area contributed by atoms with Crippen LogP contribution < -0.4 is 10.5 Å². The molecule has 0 bridgehead atoms. The number of rotatable bonds is 4. The van der Waals surface area contributed by atoms with Crippen LogP contribution in [-0.4, -0.2) is 6.54 Å². The highest BCUT2D eigenvalue weighted by atomic mass is 79.9. The normalized spacial score (nSPS) is 10.5. The van der Waals surface area contributed by atoms with Gasteiger partial charge in [-0.2, -0.15) is 0 Å². The summed E-state index contributed by atoms with van der Waals surface area (Å²) in [5.74, 6) is 1.39. The Labute approximate surface area is 126 Å². The van der Waals surface area contributed by atoms with Crippen molar-refractivity contribution in [2.45, 2.75) is 13.3 Å². The number of ether oxygens (including phenoxy) is 1. The maximum absolute atomic E-state index is 6.22. The van der Waals surface area contributed by atoms with Crippen molar-refractivity contribution in [1.82, 2.24) is 0 Å². The van der Waals surface area contributed by atoms with Crippen LogP contribution in [0.3, 0.4) is 0 Å². The third kappa shape index (κ3) is 3.72. The molecule has 0 aliphatic rings. The van der Waals surface area contributed by atoms with E-state index < -0.39 is 0 Å². The van der Waals surface area contributed by atoms with Crippen molar-refractivity contribution in [1.29, 1.82) is 0 Å². The fourth-order valence-corrected chi connectivity index (χ4v) is 2.57. The fourth-order valence-electron chi connectivity index (χ4n) is 1.76. The molecule has 0 amide bonds. The van der Waals surface area contributed by atoms with E-state index in [2.05, 4.69) is 15.9 Å². The molecule has 0 fully saturated rings. The van der Waals surface area contributed by atoms with Gasteiger partial charge >= 0.3 is 0 Å². The molecule has 100 valence electrons. The lowest BCUT2D eigenvalue weighted by Crippen LogP contribution is -2.02. The predicted molar refractivity (Wildman–Crippen MR) is 83.2 cm³/mol. The molecule has 0 unspecified atom stereocenters. The topological polar surface area (TPSA) is 35.2 Å². The SMILES string of the molecule is Cc1ccc(Oc2ccc(CCN)cc2Cl)c(Br)c1. The molecule has 0 radical (unpaired) electrons. The quantitative estimate of drug-likeness (QED) is 0.875. The number of hydrogen-bond acceptors (Lipinski definition) is 2. The van der Waals surface area contributed by atoms with E-state index in [1.165, 1.54) is 5.56 Å². The summed E-state index contributed by atoms with van der Waals surface area (Å²) in [6.45, 7) is 2.64. The molecule has 2 rings (SSSR count). The Morgan fingerprint density at radius 1 is 1.16 bits per heavy atom. The molecule has 0 aromatic heterocycles. The average Bonchev–Trinajstić information content (AvgIpc) is 2.36. The van der Waals surface area contributed by atoms with Gasteiger partial charge in [-0.05, 0) is 71.2 Å². The van der Waals surface area contributed by atoms with Crippen LogP contribution in [0.1, 0.15) is 11.1 Å². The smallest absolute Gasteiger partial charge is 0.146 e. The van der Waals surface area contributed by atoms with Crippen LogP contribution in [-0.2, 0) is 6.42 Å². The Morgan fingerprint density at radius 2 is 1.89 bits per heavy atom. The fraction of sp³-hybridized carbons (Fsp3) is 0.200. The first-order valence-corrected chi connectivity index (χ1v) is 7.20. The second-order valence-electron chi connectivity index (χ2n) is 4.34. The minimum atomic E-state index is 0.596. The van der Waals surface area contributed by atoms with Gasteiger partial charge in [0.2, 0.25) is 0 Å². The molecule has 0 atom stereocenters. The highest BCUT2D eigenvalue weighted by Gasteiger charge is 2.07. The molecule has 2 N–H and O–H groups in total. The van der Waals surface area contributed by atoms with Crippen molar-refractivity contribution in [3.05, 3.63) is 57.0 Å². The molecule has 2 aromatic rings. The van der Waals surface area contributed by atoms with Gasteiger partial charge < -0.3 is 10.5 Å². The summed E-state index contributed by atoms with van der Waals surface area (Å²) >= 11 is 9.70. The monoisotopic (exact) mass is 339 g/mol. The molecule has 0 aliphatic heterocycles. The molecule has 0 aliphatic carbocycles. The molecule has 0 saturated heterocycles. The standard InChI is InChI=1S/C15H15BrClNO/c1-10-2-4-14(12(16)8-10)19-15-5-3-11(6-7-18)9-13(15)17/h2-5,8-9H,6-7,18H2,1H3. The molecule has 2 aromatic carbocycles. The predicted octanol–water partition coefficient (Wildman–Crippen LogP) is 4.70. The summed E-state index contributed by atoms with van der Waals surface area (Å²) in [7, 11) is 0. The van der Waals surface area contributed by atoms with Crippen molar-refractivity contribution in [3.8, 4) is 11.5 Å². The molecule has 2 nitrogen and oxygen atoms in total. The number of halogens is 2. The number of benzene rings is 2. The lowest BCUT2D eigenvalue weighted by atomic mass is 10.1. The second kappa shape index (κ2) is 6.42. The van der Waals surface area contributed by atoms with E-state index >= 15 is 0 Å². The number of nitrogens with two attached hydrogens (primary N) is 1. The number of hydrogen-bond donors (Lipinski definition) is 1. The first-order valence-electron chi connectivity index (χ1n) is 6.02. The van der Waals surface area contributed by atoms with Crippen LogP contribution in [0.2, 0.25) is 5.02 Å². The largest absolute Gasteiger partial charge is 0.455 e. The van der Waals surface area contributed by atoms with Crippen molar-refractivity contribution < 1.29 is 4.74 Å². The van der Waals surface area contributed by atoms with Crippen molar-refractivity contribution >= 4 is 27.5 Å². The summed E-state index contributed by atoms with van der Waals surface area (Å²) in [4.78, 5) is 0. The van der Waals surface area contributed by atoms with Gasteiger partial charge in [-0.15, -0.1) is 0 Å². The minimum Gasteiger partial charge on any atom is -0.455 e. The van der Waals surface area contributed by atoms with Gasteiger partial charge in [-0.1, -0.05) is 23.7 Å². The zero-order chi connectivity index (χ0) is 13.8. The molecule has 0 saturated carbocycles. The van der Waals surface area contributed by atoms with Gasteiger partial charge in [-0.25, -0.2) is 0 Å². The van der Waals surface area contributed by atoms with Crippen LogP contribution in [0.4, 0.5) is 0 Å². The first kappa shape index (κ1) is 14.4. The zero-order valence-corrected chi connectivity index (χ0v) is 13.0. The van der Waals surface area contributed by atoms with Gasteiger partial charge in [-0.3, -0.25) is 0 Å². The summed E-state index contributed by atoms with van der Waals surface area (Å²) in [6, 6.07) is 11.7. The van der Waals surface area contributed by atoms with E-state index in [1.54, 1.807) is 0 Å². The average molecular weight is 341 g/mol. The zero-order valence-electron chi connectivity index (χ0n) is 10.6. The maximum atomic E-state index is 6.22. The summed E-state index contributed by atoms with van der Waals surface area (Å²) in [5.41, 5.74) is 7.81. The number of aryl methyl sites for hydroxylation is 1. The Morgan fingerprint density at radius 3 is 2.53 bits per heavy atom. The van der Waals surface area contributed by atoms with Gasteiger partial charge in [0.15, 0.2) is 0 Å². The first-order chi connectivity index (χ1) is 9.10. The van der Waals surface area contributed by atoms with E-state index in [9.17, 15) is 0 Å². The van der Waals surface area contributed by atoms with Crippen molar-refractivity contribution in [2.24, 2.45) is 5.73 Å². The van der Waals surface area contributed by atoms with Crippen LogP contribution in [0.15, 0.2) is 40.9 Å². The molecule has 4 heteroatoms. The third-order valence-electron chi connectivity index (χ3n) is 2.74. The van der Waals surface area contributed by atoms with Crippen molar-refractivity contribution in [2.75, 3.05) is 6.54 Å². The lowest BCUT2D eigenvalue weighted by Gasteiger charge is -2.11. The van der Waals surface area contributed by atoms with Crippen LogP contribution in [0, 0.1) is 6.92 Å². The van der Waals surface area contributed by atoms with E-state index in [-0.39, 0.29) is 0 Å². The maximum Gasteiger partial charge on any atom is 0.146 e. The molecule has 19 heavy (non-hydrogen) atoms. The van der Waals surface area contributed by atoms with Crippen LogP contribution in [0.25, 0.3) is 0 Å². The van der Waals surface area contributed by atoms with E-state index in [0.717, 1.165) is 22.2 Å². The van der Waals surface area contributed by atoms with Gasteiger partial charge in [0.25, 0.3) is 0 Å². The summed E-state index contributed by atoms with van der Waals surface area (Å²) in [5, 5.41) is 0.596. The Hall–Kier alpha value is -1.03. The van der Waals surface area contributed by atoms with Gasteiger partial charge in [0.05, 0.1) is 9.50 Å². The molecule has 0 heterocycles. The lowest BCUT2D eigenvalue weighted by molar-refractivity contribution is 0.479. The Kier molecular flexibility index (Phi) is 4.86. The van der Waals surface area contributed by atoms with E-state index in [4.69, 9.17) is 22.1 Å². The highest BCUT2D eigenvalue weighted by molar-refractivity contribution is 9.10. The summed E-state index contributed by atoms with van der Waals surface area (Å²) < 4.78 is 6.73. The Balaban J connectivity index is 2.23.